The van der Waals surface area contributed by atoms with E-state index in [0.717, 1.165) is 36.3 Å². The average molecular weight is 661 g/mol. The third kappa shape index (κ3) is 9.40. The van der Waals surface area contributed by atoms with Crippen LogP contribution in [-0.4, -0.2) is 85.2 Å². The van der Waals surface area contributed by atoms with E-state index in [1.165, 1.54) is 0 Å². The number of nitrogens with one attached hydrogen (secondary N) is 2. The summed E-state index contributed by atoms with van der Waals surface area (Å²) in [4.78, 5) is 31.1. The number of ether oxygens (including phenoxy) is 4. The summed E-state index contributed by atoms with van der Waals surface area (Å²) >= 11 is 0. The number of hydrogen-bond donors (Lipinski definition) is 3. The molecule has 0 bridgehead atoms. The number of anilines is 2. The predicted molar refractivity (Wildman–Crippen MR) is 185 cm³/mol. The first-order valence-electron chi connectivity index (χ1n) is 16.7. The normalized spacial score (nSPS) is 20.8. The van der Waals surface area contributed by atoms with Gasteiger partial charge in [0, 0.05) is 43.5 Å². The zero-order valence-corrected chi connectivity index (χ0v) is 28.3. The summed E-state index contributed by atoms with van der Waals surface area (Å²) in [5.41, 5.74) is 2.52. The fourth-order valence-electron chi connectivity index (χ4n) is 6.00. The van der Waals surface area contributed by atoms with Gasteiger partial charge < -0.3 is 39.6 Å². The highest BCUT2D eigenvalue weighted by Crippen LogP contribution is 2.33. The van der Waals surface area contributed by atoms with Crippen LogP contribution in [0.1, 0.15) is 56.0 Å². The lowest BCUT2D eigenvalue weighted by atomic mass is 10.0. The summed E-state index contributed by atoms with van der Waals surface area (Å²) in [5.74, 6) is 1.60. The van der Waals surface area contributed by atoms with Gasteiger partial charge in [-0.1, -0.05) is 31.2 Å². The molecule has 2 aliphatic heterocycles. The lowest BCUT2D eigenvalue weighted by molar-refractivity contribution is -0.0177. The molecule has 0 unspecified atom stereocenters. The van der Waals surface area contributed by atoms with Crippen LogP contribution in [0.2, 0.25) is 0 Å². The largest absolute Gasteiger partial charge is 0.490 e. The lowest BCUT2D eigenvalue weighted by Gasteiger charge is -2.36. The van der Waals surface area contributed by atoms with Crippen LogP contribution < -0.4 is 24.8 Å². The summed E-state index contributed by atoms with van der Waals surface area (Å²) in [6.07, 6.45) is 2.26. The number of carbonyl (C=O) groups excluding carboxylic acids is 2. The zero-order valence-electron chi connectivity index (χ0n) is 28.3. The first kappa shape index (κ1) is 35.0. The van der Waals surface area contributed by atoms with Crippen molar-refractivity contribution in [1.29, 1.82) is 0 Å². The van der Waals surface area contributed by atoms with Gasteiger partial charge in [0.05, 0.1) is 30.4 Å². The standard InChI is InChI=1S/C37H48N4O7/c1-25-20-41(26(2)23-42)36(43)31-19-30(39-37(44)38-29-11-6-5-7-12-29)14-16-32(31)48-27(3)10-8-9-17-45-35(25)22-40(4)21-28-13-15-33-34(18-28)47-24-46-33/h5-7,11-16,18-19,25-27,35,42H,8-10,17,20-24H2,1-4H3,(H2,38,39,44)/t25-,26-,27-,35+/m0/s1. The van der Waals surface area contributed by atoms with E-state index in [1.807, 2.05) is 50.2 Å². The first-order valence-corrected chi connectivity index (χ1v) is 16.7. The molecule has 3 aromatic carbocycles. The molecule has 0 aromatic heterocycles. The summed E-state index contributed by atoms with van der Waals surface area (Å²) in [6.45, 7) is 8.21. The van der Waals surface area contributed by atoms with Gasteiger partial charge in [-0.3, -0.25) is 9.69 Å². The number of fused-ring (bicyclic) bond motifs is 2. The molecule has 48 heavy (non-hydrogen) atoms. The fourth-order valence-corrected chi connectivity index (χ4v) is 6.00. The summed E-state index contributed by atoms with van der Waals surface area (Å²) in [7, 11) is 2.06. The van der Waals surface area contributed by atoms with E-state index >= 15 is 0 Å². The van der Waals surface area contributed by atoms with E-state index in [4.69, 9.17) is 18.9 Å². The summed E-state index contributed by atoms with van der Waals surface area (Å²) in [6, 6.07) is 19.3. The number of nitrogens with zero attached hydrogens (tertiary/aromatic N) is 2. The molecule has 2 heterocycles. The molecule has 11 nitrogen and oxygen atoms in total. The second-order valence-electron chi connectivity index (χ2n) is 12.8. The molecular formula is C37H48N4O7. The Morgan fingerprint density at radius 1 is 0.979 bits per heavy atom. The van der Waals surface area contributed by atoms with Crippen molar-refractivity contribution >= 4 is 23.3 Å². The van der Waals surface area contributed by atoms with Crippen LogP contribution in [0.4, 0.5) is 16.2 Å². The monoisotopic (exact) mass is 660 g/mol. The van der Waals surface area contributed by atoms with Crippen molar-refractivity contribution in [1.82, 2.24) is 9.80 Å². The number of rotatable bonds is 8. The van der Waals surface area contributed by atoms with Crippen LogP contribution in [0, 0.1) is 5.92 Å². The highest BCUT2D eigenvalue weighted by Gasteiger charge is 2.30. The number of aliphatic hydroxyl groups is 1. The molecule has 3 aromatic rings. The molecule has 0 aliphatic carbocycles. The molecule has 11 heteroatoms. The smallest absolute Gasteiger partial charge is 0.323 e. The number of urea groups is 1. The Morgan fingerprint density at radius 2 is 1.73 bits per heavy atom. The van der Waals surface area contributed by atoms with Crippen LogP contribution >= 0.6 is 0 Å². The second-order valence-corrected chi connectivity index (χ2v) is 12.8. The Labute approximate surface area is 283 Å². The molecule has 0 radical (unpaired) electrons. The molecule has 2 aliphatic rings. The minimum atomic E-state index is -0.469. The van der Waals surface area contributed by atoms with Gasteiger partial charge in [-0.15, -0.1) is 0 Å². The number of para-hydroxylation sites is 1. The maximum atomic E-state index is 14.4. The average Bonchev–Trinajstić information content (AvgIpc) is 3.54. The molecule has 4 atom stereocenters. The SMILES string of the molecule is C[C@H]1CCCCO[C@H](CN(C)Cc2ccc3c(c2)OCO3)[C@@H](C)CN([C@@H](C)CO)C(=O)c2cc(NC(=O)Nc3ccccc3)ccc2O1. The van der Waals surface area contributed by atoms with E-state index < -0.39 is 12.1 Å². The molecule has 5 rings (SSSR count). The first-order chi connectivity index (χ1) is 23.2. The number of amides is 3. The number of hydrogen-bond acceptors (Lipinski definition) is 8. The maximum Gasteiger partial charge on any atom is 0.323 e. The van der Waals surface area contributed by atoms with E-state index in [0.29, 0.717) is 48.9 Å². The third-order valence-electron chi connectivity index (χ3n) is 8.72. The van der Waals surface area contributed by atoms with E-state index in [-0.39, 0.29) is 37.4 Å². The summed E-state index contributed by atoms with van der Waals surface area (Å²) in [5, 5.41) is 15.9. The van der Waals surface area contributed by atoms with Gasteiger partial charge in [-0.2, -0.15) is 0 Å². The molecule has 3 amide bonds. The third-order valence-corrected chi connectivity index (χ3v) is 8.72. The van der Waals surface area contributed by atoms with Crippen molar-refractivity contribution in [2.45, 2.75) is 64.8 Å². The Kier molecular flexibility index (Phi) is 12.2. The van der Waals surface area contributed by atoms with Crippen molar-refractivity contribution in [3.8, 4) is 17.2 Å². The Bertz CT molecular complexity index is 1520. The molecule has 0 fully saturated rings. The van der Waals surface area contributed by atoms with Gasteiger partial charge in [0.15, 0.2) is 11.5 Å². The molecule has 258 valence electrons. The van der Waals surface area contributed by atoms with Crippen molar-refractivity contribution in [2.75, 3.05) is 50.8 Å². The topological polar surface area (TPSA) is 122 Å². The van der Waals surface area contributed by atoms with Gasteiger partial charge in [-0.05, 0) is 88.2 Å². The van der Waals surface area contributed by atoms with E-state index in [1.54, 1.807) is 35.2 Å². The highest BCUT2D eigenvalue weighted by atomic mass is 16.7. The van der Waals surface area contributed by atoms with Crippen LogP contribution in [0.25, 0.3) is 0 Å². The van der Waals surface area contributed by atoms with Crippen molar-refractivity contribution in [3.63, 3.8) is 0 Å². The van der Waals surface area contributed by atoms with Crippen LogP contribution in [-0.2, 0) is 11.3 Å². The Balaban J connectivity index is 1.36. The second kappa shape index (κ2) is 16.7. The van der Waals surface area contributed by atoms with Crippen molar-refractivity contribution < 1.29 is 33.6 Å². The van der Waals surface area contributed by atoms with Gasteiger partial charge in [0.1, 0.15) is 5.75 Å². The van der Waals surface area contributed by atoms with Crippen LogP contribution in [0.5, 0.6) is 17.2 Å². The predicted octanol–water partition coefficient (Wildman–Crippen LogP) is 5.99. The molecule has 0 saturated carbocycles. The van der Waals surface area contributed by atoms with Gasteiger partial charge in [0.2, 0.25) is 6.79 Å². The maximum absolute atomic E-state index is 14.4. The molecule has 0 saturated heterocycles. The molecular weight excluding hydrogens is 612 g/mol. The zero-order chi connectivity index (χ0) is 34.0. The number of likely N-dealkylation sites (N-methyl/N-ethyl adjacent to an activating group) is 1. The number of aliphatic hydroxyl groups excluding tert-OH is 1. The quantitative estimate of drug-likeness (QED) is 0.270. The van der Waals surface area contributed by atoms with E-state index in [9.17, 15) is 14.7 Å². The summed E-state index contributed by atoms with van der Waals surface area (Å²) < 4.78 is 23.9. The van der Waals surface area contributed by atoms with Crippen LogP contribution in [0.15, 0.2) is 66.7 Å². The minimum Gasteiger partial charge on any atom is -0.490 e. The van der Waals surface area contributed by atoms with Crippen molar-refractivity contribution in [3.05, 3.63) is 77.9 Å². The Morgan fingerprint density at radius 3 is 2.52 bits per heavy atom. The van der Waals surface area contributed by atoms with Gasteiger partial charge >= 0.3 is 6.03 Å². The van der Waals surface area contributed by atoms with Crippen LogP contribution in [0.3, 0.4) is 0 Å². The lowest BCUT2D eigenvalue weighted by Crippen LogP contribution is -2.47. The van der Waals surface area contributed by atoms with Crippen molar-refractivity contribution in [2.24, 2.45) is 5.92 Å². The molecule has 0 spiro atoms. The number of benzene rings is 3. The highest BCUT2D eigenvalue weighted by molar-refractivity contribution is 6.02. The minimum absolute atomic E-state index is 0.0636. The van der Waals surface area contributed by atoms with Gasteiger partial charge in [0.25, 0.3) is 5.91 Å². The fraction of sp³-hybridized carbons (Fsp3) is 0.459. The number of carbonyl (C=O) groups is 2. The van der Waals surface area contributed by atoms with E-state index in [2.05, 4.69) is 29.5 Å². The van der Waals surface area contributed by atoms with Gasteiger partial charge in [-0.25, -0.2) is 4.79 Å². The Hall–Kier alpha value is -4.32. The molecule has 3 N–H and O–H groups in total.